The van der Waals surface area contributed by atoms with Crippen molar-refractivity contribution in [3.8, 4) is 0 Å². The third kappa shape index (κ3) is 4.80. The lowest BCUT2D eigenvalue weighted by molar-refractivity contribution is -0.124. The van der Waals surface area contributed by atoms with Gasteiger partial charge >= 0.3 is 0 Å². The summed E-state index contributed by atoms with van der Waals surface area (Å²) in [6.07, 6.45) is 12.2. The Morgan fingerprint density at radius 1 is 1.21 bits per heavy atom. The van der Waals surface area contributed by atoms with Gasteiger partial charge in [0.15, 0.2) is 0 Å². The molecule has 1 aliphatic carbocycles. The van der Waals surface area contributed by atoms with E-state index in [4.69, 9.17) is 16.8 Å². The van der Waals surface area contributed by atoms with E-state index in [1.807, 2.05) is 24.4 Å². The lowest BCUT2D eigenvalue weighted by atomic mass is 10.0. The van der Waals surface area contributed by atoms with Gasteiger partial charge in [-0.2, -0.15) is 0 Å². The predicted octanol–water partition coefficient (Wildman–Crippen LogP) is 5.40. The number of benzene rings is 2. The van der Waals surface area contributed by atoms with Crippen LogP contribution in [0.15, 0.2) is 67.1 Å². The first-order chi connectivity index (χ1) is 16.6. The van der Waals surface area contributed by atoms with Crippen LogP contribution in [0, 0.1) is 0 Å². The predicted molar refractivity (Wildman–Crippen MR) is 135 cm³/mol. The van der Waals surface area contributed by atoms with Crippen molar-refractivity contribution in [3.05, 3.63) is 100.0 Å². The summed E-state index contributed by atoms with van der Waals surface area (Å²) >= 11 is 6.16. The molecule has 0 radical (unpaired) electrons. The minimum absolute atomic E-state index is 0.336. The van der Waals surface area contributed by atoms with E-state index in [0.29, 0.717) is 6.04 Å². The molecule has 1 unspecified atom stereocenters. The Hall–Kier alpha value is -3.32. The van der Waals surface area contributed by atoms with Gasteiger partial charge in [0.25, 0.3) is 5.91 Å². The molecule has 2 aromatic heterocycles. The van der Waals surface area contributed by atoms with Crippen molar-refractivity contribution >= 4 is 34.5 Å². The topological polar surface area (TPSA) is 84.2 Å². The van der Waals surface area contributed by atoms with Crippen LogP contribution in [0.25, 0.3) is 17.0 Å². The molecule has 1 aliphatic rings. The summed E-state index contributed by atoms with van der Waals surface area (Å²) in [5.74, 6) is -0.532. The molecule has 2 aromatic carbocycles. The molecule has 1 amide bonds. The van der Waals surface area contributed by atoms with Crippen LogP contribution in [0.5, 0.6) is 0 Å². The highest BCUT2D eigenvalue weighted by Crippen LogP contribution is 2.37. The van der Waals surface area contributed by atoms with E-state index in [9.17, 15) is 4.79 Å². The molecule has 7 heteroatoms. The maximum Gasteiger partial charge on any atom is 0.267 e. The highest BCUT2D eigenvalue weighted by atomic mass is 35.5. The van der Waals surface area contributed by atoms with Gasteiger partial charge in [0.2, 0.25) is 0 Å². The van der Waals surface area contributed by atoms with Gasteiger partial charge in [0, 0.05) is 59.7 Å². The van der Waals surface area contributed by atoms with Gasteiger partial charge in [-0.3, -0.25) is 14.9 Å². The number of hydroxylamine groups is 1. The first kappa shape index (κ1) is 22.5. The highest BCUT2D eigenvalue weighted by Gasteiger charge is 2.28. The van der Waals surface area contributed by atoms with Crippen molar-refractivity contribution in [2.45, 2.75) is 31.8 Å². The van der Waals surface area contributed by atoms with Crippen LogP contribution >= 0.6 is 11.6 Å². The van der Waals surface area contributed by atoms with Crippen molar-refractivity contribution in [2.24, 2.45) is 0 Å². The van der Waals surface area contributed by atoms with Gasteiger partial charge in [0.05, 0.1) is 0 Å². The van der Waals surface area contributed by atoms with Crippen molar-refractivity contribution in [1.29, 1.82) is 0 Å². The lowest BCUT2D eigenvalue weighted by Crippen LogP contribution is -2.29. The smallest absolute Gasteiger partial charge is 0.267 e. The fraction of sp³-hybridized carbons (Fsp3) is 0.222. The number of nitrogens with one attached hydrogen (secondary N) is 3. The fourth-order valence-corrected chi connectivity index (χ4v) is 5.14. The number of hydrogen-bond acceptors (Lipinski definition) is 3. The maximum absolute atomic E-state index is 11.3. The Kier molecular flexibility index (Phi) is 6.54. The van der Waals surface area contributed by atoms with Gasteiger partial charge in [-0.1, -0.05) is 35.9 Å². The van der Waals surface area contributed by atoms with E-state index >= 15 is 0 Å². The third-order valence-corrected chi connectivity index (χ3v) is 6.87. The van der Waals surface area contributed by atoms with Crippen LogP contribution < -0.4 is 5.48 Å². The number of amides is 1. The molecule has 0 saturated heterocycles. The van der Waals surface area contributed by atoms with Gasteiger partial charge in [-0.05, 0) is 71.4 Å². The van der Waals surface area contributed by atoms with E-state index in [1.165, 1.54) is 33.7 Å². The second-order valence-corrected chi connectivity index (χ2v) is 9.20. The minimum Gasteiger partial charge on any atom is -0.367 e. The Balaban J connectivity index is 1.37. The summed E-state index contributed by atoms with van der Waals surface area (Å²) in [7, 11) is 0. The zero-order valence-corrected chi connectivity index (χ0v) is 19.5. The van der Waals surface area contributed by atoms with Gasteiger partial charge in [-0.15, -0.1) is 0 Å². The van der Waals surface area contributed by atoms with E-state index in [-0.39, 0.29) is 0 Å². The fourth-order valence-electron chi connectivity index (χ4n) is 4.97. The van der Waals surface area contributed by atoms with Crippen molar-refractivity contribution in [3.63, 3.8) is 0 Å². The van der Waals surface area contributed by atoms with E-state index in [2.05, 4.69) is 51.5 Å². The van der Waals surface area contributed by atoms with Crippen LogP contribution in [0.4, 0.5) is 0 Å². The lowest BCUT2D eigenvalue weighted by Gasteiger charge is -2.29. The summed E-state index contributed by atoms with van der Waals surface area (Å²) < 4.78 is 0. The average Bonchev–Trinajstić information content (AvgIpc) is 3.59. The number of aromatic amines is 2. The average molecular weight is 475 g/mol. The summed E-state index contributed by atoms with van der Waals surface area (Å²) in [6, 6.07) is 14.9. The molecule has 0 saturated carbocycles. The molecular formula is C27H27ClN4O2. The van der Waals surface area contributed by atoms with Crippen molar-refractivity contribution in [2.75, 3.05) is 6.54 Å². The zero-order chi connectivity index (χ0) is 23.5. The van der Waals surface area contributed by atoms with Crippen LogP contribution in [-0.2, 0) is 24.2 Å². The SMILES string of the molecule is O=C(/C=C/c1ccc2c(c1)CCC2N(CCc1c[nH]c2cc(Cl)ccc12)Cc1cc[nH]c1)NO. The van der Waals surface area contributed by atoms with Crippen LogP contribution in [-0.4, -0.2) is 32.5 Å². The number of nitrogens with zero attached hydrogens (tertiary/aromatic N) is 1. The second kappa shape index (κ2) is 9.89. The Morgan fingerprint density at radius 2 is 2.12 bits per heavy atom. The number of fused-ring (bicyclic) bond motifs is 2. The number of aryl methyl sites for hydroxylation is 1. The van der Waals surface area contributed by atoms with Crippen LogP contribution in [0.3, 0.4) is 0 Å². The number of carbonyl (C=O) groups excluding carboxylic acids is 1. The van der Waals surface area contributed by atoms with Crippen molar-refractivity contribution in [1.82, 2.24) is 20.3 Å². The number of H-pyrrole nitrogens is 2. The Bertz CT molecular complexity index is 1330. The molecule has 0 fully saturated rings. The first-order valence-corrected chi connectivity index (χ1v) is 11.8. The van der Waals surface area contributed by atoms with Crippen molar-refractivity contribution < 1.29 is 10.0 Å². The third-order valence-electron chi connectivity index (χ3n) is 6.64. The molecular weight excluding hydrogens is 448 g/mol. The summed E-state index contributed by atoms with van der Waals surface area (Å²) in [5.41, 5.74) is 8.89. The normalized spacial score (nSPS) is 15.4. The molecule has 0 bridgehead atoms. The minimum atomic E-state index is -0.532. The molecule has 174 valence electrons. The number of rotatable bonds is 8. The molecule has 1 atom stereocenters. The molecule has 2 heterocycles. The van der Waals surface area contributed by atoms with E-state index in [0.717, 1.165) is 48.5 Å². The summed E-state index contributed by atoms with van der Waals surface area (Å²) in [6.45, 7) is 1.81. The monoisotopic (exact) mass is 474 g/mol. The quantitative estimate of drug-likeness (QED) is 0.157. The Labute approximate surface area is 203 Å². The molecule has 0 aliphatic heterocycles. The highest BCUT2D eigenvalue weighted by molar-refractivity contribution is 6.31. The Morgan fingerprint density at radius 3 is 2.94 bits per heavy atom. The number of hydrogen-bond donors (Lipinski definition) is 4. The first-order valence-electron chi connectivity index (χ1n) is 11.5. The summed E-state index contributed by atoms with van der Waals surface area (Å²) in [4.78, 5) is 20.4. The van der Waals surface area contributed by atoms with Crippen LogP contribution in [0.1, 0.15) is 40.3 Å². The number of carbonyl (C=O) groups is 1. The van der Waals surface area contributed by atoms with Gasteiger partial charge < -0.3 is 9.97 Å². The van der Waals surface area contributed by atoms with E-state index < -0.39 is 5.91 Å². The summed E-state index contributed by atoms with van der Waals surface area (Å²) in [5, 5.41) is 10.7. The largest absolute Gasteiger partial charge is 0.367 e. The number of halogens is 1. The molecule has 0 spiro atoms. The molecule has 4 N–H and O–H groups in total. The zero-order valence-electron chi connectivity index (χ0n) is 18.7. The molecule has 4 aromatic rings. The maximum atomic E-state index is 11.3. The second-order valence-electron chi connectivity index (χ2n) is 8.77. The van der Waals surface area contributed by atoms with E-state index in [1.54, 1.807) is 11.6 Å². The standard InChI is InChI=1S/C27H27ClN4O2/c28-22-4-6-23-21(16-30-25(23)14-22)10-12-32(17-19-9-11-29-15-19)26-7-3-20-13-18(1-5-24(20)26)2-8-27(33)31-34/h1-2,4-6,8-9,11,13-16,26,29-30,34H,3,7,10,12,17H2,(H,31,33)/b8-2+. The molecule has 6 nitrogen and oxygen atoms in total. The van der Waals surface area contributed by atoms with Gasteiger partial charge in [-0.25, -0.2) is 5.48 Å². The van der Waals surface area contributed by atoms with Gasteiger partial charge in [0.1, 0.15) is 0 Å². The molecule has 5 rings (SSSR count). The van der Waals surface area contributed by atoms with Crippen LogP contribution in [0.2, 0.25) is 5.02 Å². The number of aromatic nitrogens is 2. The molecule has 34 heavy (non-hydrogen) atoms.